The lowest BCUT2D eigenvalue weighted by atomic mass is 10.0. The number of rotatable bonds is 7. The molecule has 0 radical (unpaired) electrons. The Morgan fingerprint density at radius 3 is 2.81 bits per heavy atom. The predicted octanol–water partition coefficient (Wildman–Crippen LogP) is -0.0211. The molecule has 3 amide bonds. The van der Waals surface area contributed by atoms with Crippen LogP contribution >= 0.6 is 11.3 Å². The maximum absolute atomic E-state index is 12.3. The van der Waals surface area contributed by atoms with Gasteiger partial charge in [-0.1, -0.05) is 6.07 Å². The number of fused-ring (bicyclic) bond motifs is 2. The van der Waals surface area contributed by atoms with E-state index in [-0.39, 0.29) is 25.3 Å². The minimum Gasteiger partial charge on any atom is -0.347 e. The molecule has 3 rings (SSSR count). The topological polar surface area (TPSA) is 133 Å². The Hall–Kier alpha value is -2.02. The zero-order valence-electron chi connectivity index (χ0n) is 13.5. The van der Waals surface area contributed by atoms with Gasteiger partial charge in [0.15, 0.2) is 5.78 Å². The van der Waals surface area contributed by atoms with Gasteiger partial charge in [0.25, 0.3) is 0 Å². The number of carbonyl (C=O) groups excluding carboxylic acids is 3. The van der Waals surface area contributed by atoms with Crippen LogP contribution in [0.25, 0.3) is 0 Å². The van der Waals surface area contributed by atoms with Gasteiger partial charge >= 0.3 is 16.4 Å². The number of Topliss-reactive ketones (excluding diaryl/α,β-unsaturated/α-hetero) is 1. The van der Waals surface area contributed by atoms with Crippen LogP contribution in [-0.4, -0.2) is 65.8 Å². The fourth-order valence-electron chi connectivity index (χ4n) is 3.08. The molecule has 1 aromatic rings. The molecular formula is C14H17N3O7S2. The van der Waals surface area contributed by atoms with Crippen molar-refractivity contribution in [1.29, 1.82) is 0 Å². The molecule has 2 N–H and O–H groups in total. The molecule has 1 aromatic heterocycles. The molecular weight excluding hydrogens is 386 g/mol. The van der Waals surface area contributed by atoms with Crippen LogP contribution in [0.15, 0.2) is 17.5 Å². The van der Waals surface area contributed by atoms with E-state index in [9.17, 15) is 22.8 Å². The molecule has 2 aliphatic rings. The third kappa shape index (κ3) is 4.20. The Kier molecular flexibility index (Phi) is 5.27. The number of hydroxylamine groups is 2. The first-order chi connectivity index (χ1) is 12.2. The summed E-state index contributed by atoms with van der Waals surface area (Å²) >= 11 is 1.45. The van der Waals surface area contributed by atoms with Gasteiger partial charge in [-0.05, 0) is 24.3 Å². The minimum atomic E-state index is -4.83. The zero-order chi connectivity index (χ0) is 18.9. The number of amides is 3. The lowest BCUT2D eigenvalue weighted by Crippen LogP contribution is -2.50. The molecule has 0 aromatic carbocycles. The summed E-state index contributed by atoms with van der Waals surface area (Å²) in [6.45, 7) is -0.0422. The lowest BCUT2D eigenvalue weighted by molar-refractivity contribution is -0.128. The number of thiophene rings is 1. The Bertz CT molecular complexity index is 809. The van der Waals surface area contributed by atoms with Gasteiger partial charge in [-0.25, -0.2) is 4.79 Å². The molecule has 10 nitrogen and oxygen atoms in total. The molecule has 2 bridgehead atoms. The van der Waals surface area contributed by atoms with Gasteiger partial charge in [0.1, 0.15) is 6.04 Å². The zero-order valence-corrected chi connectivity index (χ0v) is 15.2. The van der Waals surface area contributed by atoms with Crippen LogP contribution in [-0.2, 0) is 30.7 Å². The van der Waals surface area contributed by atoms with Crippen LogP contribution in [0.5, 0.6) is 0 Å². The number of urea groups is 1. The SMILES string of the molecule is O=C(CNC(=O)[C@@H]1CC[C@@H]2CN1C(=O)N2OS(=O)(=O)O)Cc1cccs1. The molecule has 0 spiro atoms. The predicted molar refractivity (Wildman–Crippen MR) is 89.4 cm³/mol. The van der Waals surface area contributed by atoms with Crippen LogP contribution in [0, 0.1) is 0 Å². The van der Waals surface area contributed by atoms with Crippen molar-refractivity contribution in [3.63, 3.8) is 0 Å². The van der Waals surface area contributed by atoms with Gasteiger partial charge in [0.2, 0.25) is 5.91 Å². The number of hydrogen-bond donors (Lipinski definition) is 2. The number of ketones is 1. The minimum absolute atomic E-state index is 0.107. The van der Waals surface area contributed by atoms with Crippen molar-refractivity contribution in [2.45, 2.75) is 31.3 Å². The van der Waals surface area contributed by atoms with Crippen molar-refractivity contribution in [2.24, 2.45) is 0 Å². The van der Waals surface area contributed by atoms with Gasteiger partial charge in [-0.3, -0.25) is 14.1 Å². The summed E-state index contributed by atoms with van der Waals surface area (Å²) in [6, 6.07) is 1.48. The highest BCUT2D eigenvalue weighted by Crippen LogP contribution is 2.30. The van der Waals surface area contributed by atoms with Gasteiger partial charge in [-0.15, -0.1) is 15.6 Å². The fraction of sp³-hybridized carbons (Fsp3) is 0.500. The maximum atomic E-state index is 12.3. The van der Waals surface area contributed by atoms with E-state index in [1.54, 1.807) is 0 Å². The van der Waals surface area contributed by atoms with Crippen molar-refractivity contribution in [1.82, 2.24) is 15.3 Å². The average molecular weight is 403 g/mol. The van der Waals surface area contributed by atoms with Crippen molar-refractivity contribution >= 4 is 39.5 Å². The van der Waals surface area contributed by atoms with Crippen molar-refractivity contribution < 1.29 is 31.6 Å². The molecule has 2 fully saturated rings. The third-order valence-corrected chi connectivity index (χ3v) is 5.44. The van der Waals surface area contributed by atoms with E-state index in [2.05, 4.69) is 9.60 Å². The summed E-state index contributed by atoms with van der Waals surface area (Å²) in [6.07, 6.45) is 0.856. The Morgan fingerprint density at radius 2 is 2.15 bits per heavy atom. The monoisotopic (exact) mass is 403 g/mol. The first-order valence-electron chi connectivity index (χ1n) is 7.83. The van der Waals surface area contributed by atoms with Crippen LogP contribution in [0.2, 0.25) is 0 Å². The molecule has 0 unspecified atom stereocenters. The number of piperidine rings is 1. The summed E-state index contributed by atoms with van der Waals surface area (Å²) < 4.78 is 34.8. The molecule has 26 heavy (non-hydrogen) atoms. The van der Waals surface area contributed by atoms with Crippen molar-refractivity contribution in [3.8, 4) is 0 Å². The molecule has 12 heteroatoms. The van der Waals surface area contributed by atoms with E-state index >= 15 is 0 Å². The van der Waals surface area contributed by atoms with E-state index in [1.165, 1.54) is 16.2 Å². The van der Waals surface area contributed by atoms with Crippen molar-refractivity contribution in [2.75, 3.05) is 13.1 Å². The Morgan fingerprint density at radius 1 is 1.38 bits per heavy atom. The average Bonchev–Trinajstić information content (AvgIpc) is 3.15. The van der Waals surface area contributed by atoms with Gasteiger partial charge in [-0.2, -0.15) is 13.5 Å². The largest absolute Gasteiger partial charge is 0.418 e. The highest BCUT2D eigenvalue weighted by Gasteiger charge is 2.49. The number of nitrogens with zero attached hydrogens (tertiary/aromatic N) is 2. The van der Waals surface area contributed by atoms with Crippen LogP contribution < -0.4 is 5.32 Å². The second kappa shape index (κ2) is 7.31. The maximum Gasteiger partial charge on any atom is 0.418 e. The van der Waals surface area contributed by atoms with E-state index in [1.807, 2.05) is 17.5 Å². The first kappa shape index (κ1) is 18.8. The van der Waals surface area contributed by atoms with E-state index in [4.69, 9.17) is 4.55 Å². The molecule has 0 saturated carbocycles. The third-order valence-electron chi connectivity index (χ3n) is 4.21. The van der Waals surface area contributed by atoms with Crippen LogP contribution in [0.3, 0.4) is 0 Å². The quantitative estimate of drug-likeness (QED) is 0.611. The van der Waals surface area contributed by atoms with Gasteiger partial charge < -0.3 is 10.2 Å². The second-order valence-corrected chi connectivity index (χ2v) is 8.06. The smallest absolute Gasteiger partial charge is 0.347 e. The summed E-state index contributed by atoms with van der Waals surface area (Å²) in [4.78, 5) is 38.6. The van der Waals surface area contributed by atoms with Gasteiger partial charge in [0.05, 0.1) is 12.6 Å². The standard InChI is InChI=1S/C14H17N3O7S2/c18-10(6-11-2-1-5-25-11)7-15-13(19)12-4-3-9-8-16(12)14(20)17(9)24-26(21,22)23/h1-2,5,9,12H,3-4,6-8H2,(H,15,19)(H,21,22,23)/t9-,12+/m1/s1. The Labute approximate surface area is 153 Å². The molecule has 2 atom stereocenters. The molecule has 2 aliphatic heterocycles. The number of nitrogens with one attached hydrogen (secondary N) is 1. The number of carbonyl (C=O) groups is 3. The molecule has 2 saturated heterocycles. The molecule has 142 valence electrons. The summed E-state index contributed by atoms with van der Waals surface area (Å²) in [5.74, 6) is -0.636. The first-order valence-corrected chi connectivity index (χ1v) is 10.1. The highest BCUT2D eigenvalue weighted by atomic mass is 32.3. The molecule has 3 heterocycles. The molecule has 0 aliphatic carbocycles. The second-order valence-electron chi connectivity index (χ2n) is 6.02. The highest BCUT2D eigenvalue weighted by molar-refractivity contribution is 7.80. The van der Waals surface area contributed by atoms with Crippen LogP contribution in [0.1, 0.15) is 17.7 Å². The van der Waals surface area contributed by atoms with Gasteiger partial charge in [0, 0.05) is 17.8 Å². The van der Waals surface area contributed by atoms with E-state index < -0.39 is 34.4 Å². The summed E-state index contributed by atoms with van der Waals surface area (Å²) in [7, 11) is -4.83. The van der Waals surface area contributed by atoms with E-state index in [0.29, 0.717) is 17.9 Å². The summed E-state index contributed by atoms with van der Waals surface area (Å²) in [5, 5.41) is 4.96. The normalized spacial score (nSPS) is 22.6. The Balaban J connectivity index is 1.56. The van der Waals surface area contributed by atoms with Crippen molar-refractivity contribution in [3.05, 3.63) is 22.4 Å². The lowest BCUT2D eigenvalue weighted by Gasteiger charge is -2.29. The fourth-order valence-corrected chi connectivity index (χ4v) is 4.20. The van der Waals surface area contributed by atoms with Crippen LogP contribution in [0.4, 0.5) is 4.79 Å². The van der Waals surface area contributed by atoms with E-state index in [0.717, 1.165) is 4.88 Å². The summed E-state index contributed by atoms with van der Waals surface area (Å²) in [5.41, 5.74) is 0. The number of hydrogen-bond acceptors (Lipinski definition) is 7.